The zero-order valence-corrected chi connectivity index (χ0v) is 37.7. The van der Waals surface area contributed by atoms with Gasteiger partial charge in [0.1, 0.15) is 36.6 Å². The van der Waals surface area contributed by atoms with E-state index in [9.17, 15) is 40.5 Å². The molecule has 8 N–H and O–H groups in total. The number of aliphatic hydroxyl groups is 7. The highest BCUT2D eigenvalue weighted by molar-refractivity contribution is 5.80. The van der Waals surface area contributed by atoms with Gasteiger partial charge in [0.15, 0.2) is 6.29 Å². The molecule has 0 aromatic heterocycles. The summed E-state index contributed by atoms with van der Waals surface area (Å²) in [4.78, 5) is 13.1. The van der Waals surface area contributed by atoms with Crippen LogP contribution in [0.25, 0.3) is 0 Å². The Balaban J connectivity index is 2.38. The minimum absolute atomic E-state index is 0.262. The highest BCUT2D eigenvalue weighted by Crippen LogP contribution is 2.23. The second kappa shape index (κ2) is 38.5. The summed E-state index contributed by atoms with van der Waals surface area (Å²) in [5, 5.41) is 75.7. The molecule has 1 heterocycles. The quantitative estimate of drug-likeness (QED) is 0.0219. The monoisotopic (exact) mass is 844 g/mol. The van der Waals surface area contributed by atoms with E-state index in [0.29, 0.717) is 19.3 Å². The number of nitrogens with one attached hydrogen (secondary N) is 1. The van der Waals surface area contributed by atoms with Gasteiger partial charge in [-0.15, -0.1) is 0 Å². The molecule has 350 valence electrons. The number of carbonyl (C=O) groups is 1. The Hall–Kier alpha value is -1.15. The molecule has 1 aliphatic rings. The highest BCUT2D eigenvalue weighted by Gasteiger charge is 2.44. The standard InChI is InChI=1S/C48H93NO10/c1-3-5-7-9-11-13-15-17-18-19-20-21-22-23-24-26-28-30-32-34-36-41(52)47(57)49-39(38-58-48-46(56)45(55)44(54)42(37-50)59-48)43(53)40(51)35-33-31-29-27-25-16-14-12-10-8-6-4-2/h14,16,39-46,48,50-56H,3-13,15,17-38H2,1-2H3,(H,49,57)/b16-14-/t39-,40+,41+,42+,43-,44+,45-,46+,48+/m0/s1. The van der Waals surface area contributed by atoms with Gasteiger partial charge < -0.3 is 50.5 Å². The summed E-state index contributed by atoms with van der Waals surface area (Å²) >= 11 is 0. The summed E-state index contributed by atoms with van der Waals surface area (Å²) in [7, 11) is 0. The number of amides is 1. The normalized spacial score (nSPS) is 21.8. The van der Waals surface area contributed by atoms with Crippen LogP contribution < -0.4 is 5.32 Å². The van der Waals surface area contributed by atoms with Gasteiger partial charge in [0, 0.05) is 0 Å². The molecule has 0 saturated carbocycles. The number of carbonyl (C=O) groups excluding carboxylic acids is 1. The zero-order valence-electron chi connectivity index (χ0n) is 37.7. The summed E-state index contributed by atoms with van der Waals surface area (Å²) in [6.07, 6.45) is 29.8. The molecule has 9 atom stereocenters. The molecule has 1 aliphatic heterocycles. The van der Waals surface area contributed by atoms with Crippen LogP contribution in [0.4, 0.5) is 0 Å². The number of aliphatic hydroxyl groups excluding tert-OH is 7. The molecule has 59 heavy (non-hydrogen) atoms. The maximum atomic E-state index is 13.1. The third-order valence-electron chi connectivity index (χ3n) is 12.1. The van der Waals surface area contributed by atoms with E-state index < -0.39 is 74.2 Å². The molecule has 1 amide bonds. The number of hydrogen-bond acceptors (Lipinski definition) is 10. The fourth-order valence-electron chi connectivity index (χ4n) is 7.96. The maximum absolute atomic E-state index is 13.1. The average Bonchev–Trinajstić information content (AvgIpc) is 3.23. The van der Waals surface area contributed by atoms with Gasteiger partial charge >= 0.3 is 0 Å². The molecule has 0 radical (unpaired) electrons. The molecule has 0 aromatic carbocycles. The Morgan fingerprint density at radius 2 is 0.983 bits per heavy atom. The Bertz CT molecular complexity index is 970. The molecule has 0 bridgehead atoms. The van der Waals surface area contributed by atoms with E-state index in [2.05, 4.69) is 31.3 Å². The lowest BCUT2D eigenvalue weighted by Gasteiger charge is -2.40. The van der Waals surface area contributed by atoms with Gasteiger partial charge in [0.05, 0.1) is 25.4 Å². The summed E-state index contributed by atoms with van der Waals surface area (Å²) in [6.45, 7) is 3.42. The molecular weight excluding hydrogens is 751 g/mol. The summed E-state index contributed by atoms with van der Waals surface area (Å²) in [5.41, 5.74) is 0. The summed E-state index contributed by atoms with van der Waals surface area (Å²) in [6, 6.07) is -1.17. The predicted octanol–water partition coefficient (Wildman–Crippen LogP) is 8.45. The molecule has 0 unspecified atom stereocenters. The Morgan fingerprint density at radius 3 is 1.44 bits per heavy atom. The van der Waals surface area contributed by atoms with Gasteiger partial charge in [-0.1, -0.05) is 193 Å². The van der Waals surface area contributed by atoms with E-state index in [1.165, 1.54) is 128 Å². The maximum Gasteiger partial charge on any atom is 0.249 e. The molecule has 11 heteroatoms. The van der Waals surface area contributed by atoms with Crippen LogP contribution >= 0.6 is 0 Å². The van der Waals surface area contributed by atoms with Crippen molar-refractivity contribution in [2.45, 2.75) is 274 Å². The van der Waals surface area contributed by atoms with Crippen molar-refractivity contribution in [3.05, 3.63) is 12.2 Å². The molecule has 0 aromatic rings. The minimum Gasteiger partial charge on any atom is -0.394 e. The van der Waals surface area contributed by atoms with Crippen LogP contribution in [0, 0.1) is 0 Å². The molecule has 1 rings (SSSR count). The van der Waals surface area contributed by atoms with Gasteiger partial charge in [-0.3, -0.25) is 4.79 Å². The lowest BCUT2D eigenvalue weighted by atomic mass is 9.98. The lowest BCUT2D eigenvalue weighted by molar-refractivity contribution is -0.303. The Kier molecular flexibility index (Phi) is 36.5. The number of unbranched alkanes of at least 4 members (excludes halogenated alkanes) is 27. The molecule has 0 spiro atoms. The molecule has 1 saturated heterocycles. The Labute approximate surface area is 360 Å². The first-order chi connectivity index (χ1) is 28.7. The van der Waals surface area contributed by atoms with Crippen molar-refractivity contribution < 1.29 is 50.0 Å². The third-order valence-corrected chi connectivity index (χ3v) is 12.1. The summed E-state index contributed by atoms with van der Waals surface area (Å²) < 4.78 is 11.1. The second-order valence-corrected chi connectivity index (χ2v) is 17.5. The average molecular weight is 844 g/mol. The van der Waals surface area contributed by atoms with Crippen LogP contribution in [-0.4, -0.2) is 110 Å². The first-order valence-electron chi connectivity index (χ1n) is 24.6. The van der Waals surface area contributed by atoms with Crippen LogP contribution in [0.3, 0.4) is 0 Å². The van der Waals surface area contributed by atoms with Crippen molar-refractivity contribution in [2.75, 3.05) is 13.2 Å². The van der Waals surface area contributed by atoms with Crippen molar-refractivity contribution in [3.63, 3.8) is 0 Å². The smallest absolute Gasteiger partial charge is 0.249 e. The van der Waals surface area contributed by atoms with Gasteiger partial charge in [0.25, 0.3) is 0 Å². The number of ether oxygens (including phenoxy) is 2. The van der Waals surface area contributed by atoms with Crippen LogP contribution in [0.5, 0.6) is 0 Å². The third kappa shape index (κ3) is 28.2. The van der Waals surface area contributed by atoms with E-state index in [4.69, 9.17) is 9.47 Å². The van der Waals surface area contributed by atoms with Gasteiger partial charge in [-0.25, -0.2) is 0 Å². The largest absolute Gasteiger partial charge is 0.394 e. The van der Waals surface area contributed by atoms with Crippen molar-refractivity contribution in [3.8, 4) is 0 Å². The minimum atomic E-state index is -1.66. The van der Waals surface area contributed by atoms with Crippen molar-refractivity contribution in [1.82, 2.24) is 5.32 Å². The fourth-order valence-corrected chi connectivity index (χ4v) is 7.96. The first kappa shape index (κ1) is 55.9. The lowest BCUT2D eigenvalue weighted by Crippen LogP contribution is -2.60. The number of rotatable bonds is 41. The SMILES string of the molecule is CCCCCC/C=C\CCCCCC[C@@H](O)[C@@H](O)[C@H](CO[C@@H]1O[C@H](CO)[C@@H](O)[C@H](O)[C@H]1O)NC(=O)[C@H](O)CCCCCCCCCCCCCCCCCCCCCC. The Morgan fingerprint density at radius 1 is 0.576 bits per heavy atom. The van der Waals surface area contributed by atoms with Crippen LogP contribution in [0.15, 0.2) is 12.2 Å². The van der Waals surface area contributed by atoms with E-state index >= 15 is 0 Å². The van der Waals surface area contributed by atoms with E-state index in [1.807, 2.05) is 0 Å². The fraction of sp³-hybridized carbons (Fsp3) is 0.938. The van der Waals surface area contributed by atoms with E-state index in [-0.39, 0.29) is 6.42 Å². The molecule has 0 aliphatic carbocycles. The van der Waals surface area contributed by atoms with Crippen molar-refractivity contribution in [2.24, 2.45) is 0 Å². The topological polar surface area (TPSA) is 189 Å². The molecular formula is C48H93NO10. The van der Waals surface area contributed by atoms with E-state index in [0.717, 1.165) is 51.4 Å². The van der Waals surface area contributed by atoms with Crippen molar-refractivity contribution in [1.29, 1.82) is 0 Å². The van der Waals surface area contributed by atoms with Crippen LogP contribution in [0.1, 0.15) is 219 Å². The van der Waals surface area contributed by atoms with Crippen molar-refractivity contribution >= 4 is 5.91 Å². The number of hydrogen-bond donors (Lipinski definition) is 8. The molecule has 1 fully saturated rings. The van der Waals surface area contributed by atoms with Crippen LogP contribution in [-0.2, 0) is 14.3 Å². The first-order valence-corrected chi connectivity index (χ1v) is 24.6. The van der Waals surface area contributed by atoms with Crippen LogP contribution in [0.2, 0.25) is 0 Å². The molecule has 11 nitrogen and oxygen atoms in total. The van der Waals surface area contributed by atoms with E-state index in [1.54, 1.807) is 0 Å². The second-order valence-electron chi connectivity index (χ2n) is 17.5. The van der Waals surface area contributed by atoms with Gasteiger partial charge in [0.2, 0.25) is 5.91 Å². The summed E-state index contributed by atoms with van der Waals surface area (Å²) in [5.74, 6) is -0.699. The predicted molar refractivity (Wildman–Crippen MR) is 238 cm³/mol. The highest BCUT2D eigenvalue weighted by atomic mass is 16.7. The van der Waals surface area contributed by atoms with Gasteiger partial charge in [-0.05, 0) is 38.5 Å². The number of allylic oxidation sites excluding steroid dienone is 2. The van der Waals surface area contributed by atoms with Gasteiger partial charge in [-0.2, -0.15) is 0 Å². The zero-order chi connectivity index (χ0) is 43.4.